The zero-order valence-corrected chi connectivity index (χ0v) is 9.91. The van der Waals surface area contributed by atoms with Crippen molar-refractivity contribution in [2.24, 2.45) is 5.73 Å². The summed E-state index contributed by atoms with van der Waals surface area (Å²) in [4.78, 5) is 21.7. The largest absolute Gasteiger partial charge is 0.480 e. The fraction of sp³-hybridized carbons (Fsp3) is 0.818. The van der Waals surface area contributed by atoms with Gasteiger partial charge in [-0.3, -0.25) is 4.79 Å². The van der Waals surface area contributed by atoms with E-state index in [1.807, 2.05) is 0 Å². The van der Waals surface area contributed by atoms with Gasteiger partial charge in [-0.2, -0.15) is 0 Å². The number of amides is 1. The molecular formula is C11H20N2O4. The second-order valence-electron chi connectivity index (χ2n) is 4.54. The number of carboxylic acid groups (broad SMARTS) is 1. The summed E-state index contributed by atoms with van der Waals surface area (Å²) in [5, 5.41) is 11.0. The SMILES string of the molecule is NC1(CC(=O)NCCOCC(=O)O)CCCC1. The lowest BCUT2D eigenvalue weighted by Gasteiger charge is -2.22. The second-order valence-corrected chi connectivity index (χ2v) is 4.54. The van der Waals surface area contributed by atoms with Gasteiger partial charge in [0, 0.05) is 18.5 Å². The van der Waals surface area contributed by atoms with Crippen LogP contribution in [-0.4, -0.2) is 42.3 Å². The van der Waals surface area contributed by atoms with Crippen LogP contribution >= 0.6 is 0 Å². The topological polar surface area (TPSA) is 102 Å². The summed E-state index contributed by atoms with van der Waals surface area (Å²) in [6, 6.07) is 0. The smallest absolute Gasteiger partial charge is 0.329 e. The summed E-state index contributed by atoms with van der Waals surface area (Å²) in [5.41, 5.74) is 5.72. The Kier molecular flexibility index (Phi) is 5.37. The van der Waals surface area contributed by atoms with Crippen LogP contribution in [0.4, 0.5) is 0 Å². The monoisotopic (exact) mass is 244 g/mol. The number of carboxylic acids is 1. The molecule has 0 spiro atoms. The molecule has 1 aliphatic carbocycles. The number of rotatable bonds is 7. The number of ether oxygens (including phenoxy) is 1. The predicted octanol–water partition coefficient (Wildman–Crippen LogP) is -0.135. The average Bonchev–Trinajstić information content (AvgIpc) is 2.63. The third kappa shape index (κ3) is 5.65. The molecule has 0 atom stereocenters. The van der Waals surface area contributed by atoms with E-state index in [2.05, 4.69) is 5.32 Å². The van der Waals surface area contributed by atoms with Crippen LogP contribution < -0.4 is 11.1 Å². The first kappa shape index (κ1) is 13.9. The summed E-state index contributed by atoms with van der Waals surface area (Å²) in [6.07, 6.45) is 4.31. The van der Waals surface area contributed by atoms with Crippen LogP contribution in [0.1, 0.15) is 32.1 Å². The van der Waals surface area contributed by atoms with Crippen LogP contribution in [0, 0.1) is 0 Å². The van der Waals surface area contributed by atoms with E-state index in [1.54, 1.807) is 0 Å². The molecule has 1 fully saturated rings. The van der Waals surface area contributed by atoms with E-state index in [4.69, 9.17) is 15.6 Å². The Morgan fingerprint density at radius 2 is 2.00 bits per heavy atom. The zero-order chi connectivity index (χ0) is 12.7. The molecule has 0 heterocycles. The summed E-state index contributed by atoms with van der Waals surface area (Å²) >= 11 is 0. The molecule has 0 aromatic rings. The molecule has 0 saturated heterocycles. The van der Waals surface area contributed by atoms with E-state index in [0.29, 0.717) is 13.0 Å². The van der Waals surface area contributed by atoms with Crippen molar-refractivity contribution in [2.75, 3.05) is 19.8 Å². The number of hydrogen-bond donors (Lipinski definition) is 3. The second kappa shape index (κ2) is 6.56. The summed E-state index contributed by atoms with van der Waals surface area (Å²) < 4.78 is 4.80. The molecule has 1 aliphatic rings. The third-order valence-electron chi connectivity index (χ3n) is 2.91. The highest BCUT2D eigenvalue weighted by atomic mass is 16.5. The first-order chi connectivity index (χ1) is 8.02. The molecule has 17 heavy (non-hydrogen) atoms. The zero-order valence-electron chi connectivity index (χ0n) is 9.91. The number of hydrogen-bond acceptors (Lipinski definition) is 4. The van der Waals surface area contributed by atoms with Crippen molar-refractivity contribution in [3.8, 4) is 0 Å². The molecule has 0 aromatic heterocycles. The van der Waals surface area contributed by atoms with Gasteiger partial charge in [-0.05, 0) is 12.8 Å². The quantitative estimate of drug-likeness (QED) is 0.541. The Morgan fingerprint density at radius 3 is 2.59 bits per heavy atom. The van der Waals surface area contributed by atoms with Crippen molar-refractivity contribution in [1.82, 2.24) is 5.32 Å². The van der Waals surface area contributed by atoms with Crippen LogP contribution in [0.2, 0.25) is 0 Å². The van der Waals surface area contributed by atoms with Gasteiger partial charge in [0.15, 0.2) is 0 Å². The van der Waals surface area contributed by atoms with E-state index in [9.17, 15) is 9.59 Å². The predicted molar refractivity (Wildman–Crippen MR) is 61.5 cm³/mol. The van der Waals surface area contributed by atoms with Crippen molar-refractivity contribution in [1.29, 1.82) is 0 Å². The maximum Gasteiger partial charge on any atom is 0.329 e. The first-order valence-corrected chi connectivity index (χ1v) is 5.87. The minimum atomic E-state index is -1.01. The molecule has 98 valence electrons. The van der Waals surface area contributed by atoms with Gasteiger partial charge in [-0.1, -0.05) is 12.8 Å². The minimum absolute atomic E-state index is 0.0895. The van der Waals surface area contributed by atoms with Gasteiger partial charge < -0.3 is 20.9 Å². The van der Waals surface area contributed by atoms with Crippen molar-refractivity contribution in [3.05, 3.63) is 0 Å². The maximum atomic E-state index is 11.5. The average molecular weight is 244 g/mol. The molecular weight excluding hydrogens is 224 g/mol. The summed E-state index contributed by atoms with van der Waals surface area (Å²) in [7, 11) is 0. The van der Waals surface area contributed by atoms with Crippen molar-refractivity contribution in [3.63, 3.8) is 0 Å². The Bertz CT molecular complexity index is 275. The van der Waals surface area contributed by atoms with E-state index >= 15 is 0 Å². The maximum absolute atomic E-state index is 11.5. The molecule has 1 rings (SSSR count). The van der Waals surface area contributed by atoms with Crippen LogP contribution in [0.25, 0.3) is 0 Å². The number of nitrogens with two attached hydrogens (primary N) is 1. The lowest BCUT2D eigenvalue weighted by Crippen LogP contribution is -2.42. The van der Waals surface area contributed by atoms with E-state index < -0.39 is 5.97 Å². The van der Waals surface area contributed by atoms with Gasteiger partial charge in [0.05, 0.1) is 6.61 Å². The van der Waals surface area contributed by atoms with Crippen LogP contribution in [-0.2, 0) is 14.3 Å². The van der Waals surface area contributed by atoms with Crippen LogP contribution in [0.5, 0.6) is 0 Å². The van der Waals surface area contributed by atoms with Crippen LogP contribution in [0.3, 0.4) is 0 Å². The van der Waals surface area contributed by atoms with E-state index in [0.717, 1.165) is 25.7 Å². The van der Waals surface area contributed by atoms with Gasteiger partial charge in [0.1, 0.15) is 6.61 Å². The van der Waals surface area contributed by atoms with Crippen molar-refractivity contribution < 1.29 is 19.4 Å². The van der Waals surface area contributed by atoms with Gasteiger partial charge >= 0.3 is 5.97 Å². The van der Waals surface area contributed by atoms with E-state index in [1.165, 1.54) is 0 Å². The highest BCUT2D eigenvalue weighted by Gasteiger charge is 2.31. The van der Waals surface area contributed by atoms with Gasteiger partial charge in [-0.15, -0.1) is 0 Å². The standard InChI is InChI=1S/C11H20N2O4/c12-11(3-1-2-4-11)7-9(14)13-5-6-17-8-10(15)16/h1-8,12H2,(H,13,14)(H,15,16). The normalized spacial score (nSPS) is 17.9. The first-order valence-electron chi connectivity index (χ1n) is 5.87. The molecule has 0 aliphatic heterocycles. The number of aliphatic carboxylic acids is 1. The Hall–Kier alpha value is -1.14. The third-order valence-corrected chi connectivity index (χ3v) is 2.91. The summed E-state index contributed by atoms with van der Waals surface area (Å²) in [5.74, 6) is -1.10. The molecule has 6 heteroatoms. The molecule has 0 radical (unpaired) electrons. The Morgan fingerprint density at radius 1 is 1.35 bits per heavy atom. The molecule has 1 saturated carbocycles. The van der Waals surface area contributed by atoms with Gasteiger partial charge in [-0.25, -0.2) is 4.79 Å². The molecule has 0 aromatic carbocycles. The lowest BCUT2D eigenvalue weighted by molar-refractivity contribution is -0.142. The number of nitrogens with one attached hydrogen (secondary N) is 1. The van der Waals surface area contributed by atoms with E-state index in [-0.39, 0.29) is 24.7 Å². The van der Waals surface area contributed by atoms with Crippen molar-refractivity contribution >= 4 is 11.9 Å². The number of carbonyl (C=O) groups excluding carboxylic acids is 1. The Balaban J connectivity index is 2.07. The Labute approximate surface area is 101 Å². The fourth-order valence-corrected chi connectivity index (χ4v) is 2.06. The number of carbonyl (C=O) groups is 2. The molecule has 0 bridgehead atoms. The van der Waals surface area contributed by atoms with Gasteiger partial charge in [0.2, 0.25) is 5.91 Å². The molecule has 1 amide bonds. The lowest BCUT2D eigenvalue weighted by atomic mass is 9.94. The highest BCUT2D eigenvalue weighted by molar-refractivity contribution is 5.77. The molecule has 6 nitrogen and oxygen atoms in total. The highest BCUT2D eigenvalue weighted by Crippen LogP contribution is 2.29. The van der Waals surface area contributed by atoms with Crippen molar-refractivity contribution in [2.45, 2.75) is 37.6 Å². The molecule has 0 unspecified atom stereocenters. The van der Waals surface area contributed by atoms with Gasteiger partial charge in [0.25, 0.3) is 0 Å². The minimum Gasteiger partial charge on any atom is -0.480 e. The van der Waals surface area contributed by atoms with Crippen LogP contribution in [0.15, 0.2) is 0 Å². The summed E-state index contributed by atoms with van der Waals surface area (Å²) in [6.45, 7) is 0.189. The fourth-order valence-electron chi connectivity index (χ4n) is 2.06. The molecule has 4 N–H and O–H groups in total.